The zero-order valence-corrected chi connectivity index (χ0v) is 8.40. The number of primary amides is 1. The molecule has 0 saturated heterocycles. The maximum absolute atomic E-state index is 10.3. The molecule has 0 aliphatic rings. The minimum absolute atomic E-state index is 0.149. The van der Waals surface area contributed by atoms with Gasteiger partial charge in [-0.1, -0.05) is 6.07 Å². The largest absolute Gasteiger partial charge is 0.481 e. The predicted octanol–water partition coefficient (Wildman–Crippen LogP) is -0.403. The third kappa shape index (κ3) is 4.39. The van der Waals surface area contributed by atoms with Crippen molar-refractivity contribution in [3.8, 4) is 5.88 Å². The second-order valence-electron chi connectivity index (χ2n) is 2.78. The van der Waals surface area contributed by atoms with Crippen molar-refractivity contribution in [2.75, 3.05) is 13.7 Å². The highest BCUT2D eigenvalue weighted by atomic mass is 16.6. The van der Waals surface area contributed by atoms with E-state index >= 15 is 0 Å². The molecule has 0 aromatic carbocycles. The first-order valence-corrected chi connectivity index (χ1v) is 4.34. The molecular formula is C9H13N3O3. The molecule has 82 valence electrons. The first-order valence-electron chi connectivity index (χ1n) is 4.34. The van der Waals surface area contributed by atoms with E-state index in [1.807, 2.05) is 6.07 Å². The second kappa shape index (κ2) is 5.94. The van der Waals surface area contributed by atoms with Crippen LogP contribution in [0.15, 0.2) is 18.3 Å². The van der Waals surface area contributed by atoms with Gasteiger partial charge in [0.05, 0.1) is 7.11 Å². The average molecular weight is 211 g/mol. The van der Waals surface area contributed by atoms with Crippen LogP contribution in [-0.4, -0.2) is 24.6 Å². The van der Waals surface area contributed by atoms with Gasteiger partial charge in [-0.2, -0.15) is 5.48 Å². The molecule has 0 bridgehead atoms. The summed E-state index contributed by atoms with van der Waals surface area (Å²) in [5.74, 6) is 0.0344. The van der Waals surface area contributed by atoms with E-state index in [1.54, 1.807) is 19.4 Å². The lowest BCUT2D eigenvalue weighted by molar-refractivity contribution is -0.125. The predicted molar refractivity (Wildman–Crippen MR) is 52.8 cm³/mol. The van der Waals surface area contributed by atoms with E-state index < -0.39 is 5.91 Å². The zero-order valence-electron chi connectivity index (χ0n) is 8.40. The summed E-state index contributed by atoms with van der Waals surface area (Å²) in [6.45, 7) is 0.299. The molecule has 1 amide bonds. The number of aromatic nitrogens is 1. The standard InChI is InChI=1S/C9H13N3O3/c1-14-9-3-2-7(4-11-9)5-12-15-6-8(10)13/h2-4,12H,5-6H2,1H3,(H2,10,13). The summed E-state index contributed by atoms with van der Waals surface area (Å²) in [5, 5.41) is 0. The summed E-state index contributed by atoms with van der Waals surface area (Å²) in [6.07, 6.45) is 1.65. The fraction of sp³-hybridized carbons (Fsp3) is 0.333. The first kappa shape index (κ1) is 11.4. The third-order valence-electron chi connectivity index (χ3n) is 1.60. The summed E-state index contributed by atoms with van der Waals surface area (Å²) in [4.78, 5) is 19.1. The van der Waals surface area contributed by atoms with E-state index in [0.717, 1.165) is 5.56 Å². The van der Waals surface area contributed by atoms with Crippen LogP contribution in [0.2, 0.25) is 0 Å². The van der Waals surface area contributed by atoms with Gasteiger partial charge in [0.15, 0.2) is 0 Å². The number of ether oxygens (including phenoxy) is 1. The third-order valence-corrected chi connectivity index (χ3v) is 1.60. The SMILES string of the molecule is COc1ccc(CNOCC(N)=O)cn1. The van der Waals surface area contributed by atoms with Gasteiger partial charge < -0.3 is 10.5 Å². The van der Waals surface area contributed by atoms with Crippen molar-refractivity contribution >= 4 is 5.91 Å². The highest BCUT2D eigenvalue weighted by molar-refractivity contribution is 5.74. The molecule has 0 unspecified atom stereocenters. The number of carbonyl (C=O) groups excluding carboxylic acids is 1. The lowest BCUT2D eigenvalue weighted by Gasteiger charge is -2.04. The molecule has 0 radical (unpaired) electrons. The Morgan fingerprint density at radius 3 is 2.93 bits per heavy atom. The molecule has 0 aliphatic heterocycles. The van der Waals surface area contributed by atoms with Crippen molar-refractivity contribution < 1.29 is 14.4 Å². The average Bonchev–Trinajstić information content (AvgIpc) is 2.25. The highest BCUT2D eigenvalue weighted by Gasteiger charge is 1.96. The van der Waals surface area contributed by atoms with E-state index in [-0.39, 0.29) is 6.61 Å². The topological polar surface area (TPSA) is 86.5 Å². The summed E-state index contributed by atoms with van der Waals surface area (Å²) < 4.78 is 4.90. The van der Waals surface area contributed by atoms with Crippen molar-refractivity contribution in [3.63, 3.8) is 0 Å². The second-order valence-corrected chi connectivity index (χ2v) is 2.78. The van der Waals surface area contributed by atoms with E-state index in [1.165, 1.54) is 0 Å². The molecule has 0 fully saturated rings. The molecule has 6 heteroatoms. The Labute approximate surface area is 87.3 Å². The van der Waals surface area contributed by atoms with Crippen molar-refractivity contribution in [2.45, 2.75) is 6.54 Å². The van der Waals surface area contributed by atoms with Gasteiger partial charge >= 0.3 is 0 Å². The smallest absolute Gasteiger partial charge is 0.245 e. The molecule has 6 nitrogen and oxygen atoms in total. The van der Waals surface area contributed by atoms with Crippen LogP contribution in [0.1, 0.15) is 5.56 Å². The van der Waals surface area contributed by atoms with Gasteiger partial charge in [-0.05, 0) is 5.56 Å². The monoisotopic (exact) mass is 211 g/mol. The van der Waals surface area contributed by atoms with Gasteiger partial charge in [-0.15, -0.1) is 0 Å². The number of methoxy groups -OCH3 is 1. The molecule has 3 N–H and O–H groups in total. The van der Waals surface area contributed by atoms with Crippen LogP contribution in [0, 0.1) is 0 Å². The molecule has 0 atom stereocenters. The van der Waals surface area contributed by atoms with E-state index in [9.17, 15) is 4.79 Å². The fourth-order valence-corrected chi connectivity index (χ4v) is 0.893. The van der Waals surface area contributed by atoms with Crippen LogP contribution >= 0.6 is 0 Å². The summed E-state index contributed by atoms with van der Waals surface area (Å²) in [6, 6.07) is 3.58. The number of nitrogens with zero attached hydrogens (tertiary/aromatic N) is 1. The minimum atomic E-state index is -0.518. The van der Waals surface area contributed by atoms with Gasteiger partial charge in [0.25, 0.3) is 0 Å². The number of nitrogens with two attached hydrogens (primary N) is 1. The van der Waals surface area contributed by atoms with Crippen molar-refractivity contribution in [1.29, 1.82) is 0 Å². The zero-order chi connectivity index (χ0) is 11.1. The first-order chi connectivity index (χ1) is 7.22. The van der Waals surface area contributed by atoms with E-state index in [2.05, 4.69) is 10.5 Å². The Bertz CT molecular complexity index is 313. The summed E-state index contributed by atoms with van der Waals surface area (Å²) in [7, 11) is 1.55. The molecule has 1 rings (SSSR count). The summed E-state index contributed by atoms with van der Waals surface area (Å²) in [5.41, 5.74) is 8.38. The molecule has 1 aromatic rings. The van der Waals surface area contributed by atoms with Gasteiger partial charge in [-0.25, -0.2) is 4.98 Å². The number of hydroxylamine groups is 1. The number of rotatable bonds is 6. The van der Waals surface area contributed by atoms with Crippen LogP contribution in [0.25, 0.3) is 0 Å². The van der Waals surface area contributed by atoms with Gasteiger partial charge in [0, 0.05) is 18.8 Å². The Kier molecular flexibility index (Phi) is 4.52. The number of amides is 1. The van der Waals surface area contributed by atoms with Gasteiger partial charge in [0.1, 0.15) is 6.61 Å². The number of nitrogens with one attached hydrogen (secondary N) is 1. The molecule has 0 aliphatic carbocycles. The quantitative estimate of drug-likeness (QED) is 0.493. The highest BCUT2D eigenvalue weighted by Crippen LogP contribution is 2.05. The molecule has 0 saturated carbocycles. The lowest BCUT2D eigenvalue weighted by atomic mass is 10.3. The number of hydrogen-bond donors (Lipinski definition) is 2. The Hall–Kier alpha value is -1.66. The number of hydrogen-bond acceptors (Lipinski definition) is 5. The minimum Gasteiger partial charge on any atom is -0.481 e. The van der Waals surface area contributed by atoms with Gasteiger partial charge in [-0.3, -0.25) is 9.63 Å². The van der Waals surface area contributed by atoms with Crippen LogP contribution in [0.3, 0.4) is 0 Å². The molecular weight excluding hydrogens is 198 g/mol. The molecule has 15 heavy (non-hydrogen) atoms. The van der Waals surface area contributed by atoms with E-state index in [0.29, 0.717) is 12.4 Å². The van der Waals surface area contributed by atoms with Crippen LogP contribution in [-0.2, 0) is 16.2 Å². The maximum atomic E-state index is 10.3. The van der Waals surface area contributed by atoms with Crippen molar-refractivity contribution in [3.05, 3.63) is 23.9 Å². The van der Waals surface area contributed by atoms with Crippen molar-refractivity contribution in [1.82, 2.24) is 10.5 Å². The Morgan fingerprint density at radius 2 is 2.40 bits per heavy atom. The van der Waals surface area contributed by atoms with Crippen molar-refractivity contribution in [2.24, 2.45) is 5.73 Å². The molecule has 0 spiro atoms. The lowest BCUT2D eigenvalue weighted by Crippen LogP contribution is -2.24. The molecule has 1 aromatic heterocycles. The van der Waals surface area contributed by atoms with Gasteiger partial charge in [0.2, 0.25) is 11.8 Å². The normalized spacial score (nSPS) is 9.93. The fourth-order valence-electron chi connectivity index (χ4n) is 0.893. The summed E-state index contributed by atoms with van der Waals surface area (Å²) >= 11 is 0. The van der Waals surface area contributed by atoms with Crippen LogP contribution in [0.5, 0.6) is 5.88 Å². The van der Waals surface area contributed by atoms with E-state index in [4.69, 9.17) is 15.3 Å². The Balaban J connectivity index is 2.28. The number of carbonyl (C=O) groups is 1. The van der Waals surface area contributed by atoms with Crippen LogP contribution < -0.4 is 16.0 Å². The number of pyridine rings is 1. The molecule has 1 heterocycles. The van der Waals surface area contributed by atoms with Crippen LogP contribution in [0.4, 0.5) is 0 Å². The Morgan fingerprint density at radius 1 is 1.60 bits per heavy atom. The maximum Gasteiger partial charge on any atom is 0.245 e.